The zero-order valence-corrected chi connectivity index (χ0v) is 12.7. The van der Waals surface area contributed by atoms with Crippen LogP contribution in [0.25, 0.3) is 0 Å². The molecule has 0 spiro atoms. The minimum atomic E-state index is -0.385. The van der Waals surface area contributed by atoms with Crippen molar-refractivity contribution in [2.45, 2.75) is 20.0 Å². The van der Waals surface area contributed by atoms with Crippen LogP contribution in [0.5, 0.6) is 0 Å². The van der Waals surface area contributed by atoms with Crippen LogP contribution in [0.15, 0.2) is 24.3 Å². The fraction of sp³-hybridized carbons (Fsp3) is 0.312. The number of aromatic amines is 1. The predicted molar refractivity (Wildman–Crippen MR) is 82.3 cm³/mol. The van der Waals surface area contributed by atoms with E-state index < -0.39 is 0 Å². The normalized spacial score (nSPS) is 13.3. The van der Waals surface area contributed by atoms with Gasteiger partial charge in [-0.2, -0.15) is 5.10 Å². The topological polar surface area (TPSA) is 93.3 Å². The number of nitrogens with one attached hydrogen (secondary N) is 2. The number of fused-ring (bicyclic) bond motifs is 1. The van der Waals surface area contributed by atoms with Crippen molar-refractivity contribution in [3.05, 3.63) is 46.8 Å². The van der Waals surface area contributed by atoms with E-state index in [2.05, 4.69) is 15.5 Å². The summed E-state index contributed by atoms with van der Waals surface area (Å²) in [5, 5.41) is 9.72. The second-order valence-corrected chi connectivity index (χ2v) is 5.08. The van der Waals surface area contributed by atoms with Gasteiger partial charge >= 0.3 is 5.97 Å². The van der Waals surface area contributed by atoms with Gasteiger partial charge in [-0.15, -0.1) is 0 Å². The summed E-state index contributed by atoms with van der Waals surface area (Å²) in [7, 11) is 0. The molecule has 3 rings (SSSR count). The largest absolute Gasteiger partial charge is 0.462 e. The first-order valence-corrected chi connectivity index (χ1v) is 7.41. The molecule has 1 amide bonds. The molecule has 2 N–H and O–H groups in total. The van der Waals surface area contributed by atoms with E-state index in [1.165, 1.54) is 0 Å². The molecule has 0 aliphatic carbocycles. The first kappa shape index (κ1) is 15.2. The Morgan fingerprint density at radius 2 is 2.13 bits per heavy atom. The lowest BCUT2D eigenvalue weighted by molar-refractivity contribution is 0.0526. The maximum absolute atomic E-state index is 12.3. The minimum Gasteiger partial charge on any atom is -0.462 e. The summed E-state index contributed by atoms with van der Waals surface area (Å²) in [5.41, 5.74) is 3.11. The van der Waals surface area contributed by atoms with Gasteiger partial charge in [-0.05, 0) is 31.2 Å². The second-order valence-electron chi connectivity index (χ2n) is 5.08. The van der Waals surface area contributed by atoms with Crippen molar-refractivity contribution >= 4 is 17.6 Å². The van der Waals surface area contributed by atoms with E-state index in [-0.39, 0.29) is 11.9 Å². The number of amides is 1. The molecule has 2 heterocycles. The van der Waals surface area contributed by atoms with Crippen LogP contribution in [0, 0.1) is 0 Å². The summed E-state index contributed by atoms with van der Waals surface area (Å²) in [6.45, 7) is 3.09. The van der Waals surface area contributed by atoms with Gasteiger partial charge in [0.15, 0.2) is 5.69 Å². The van der Waals surface area contributed by atoms with Crippen LogP contribution in [-0.2, 0) is 22.5 Å². The quantitative estimate of drug-likeness (QED) is 0.841. The lowest BCUT2D eigenvalue weighted by Crippen LogP contribution is -2.17. The molecule has 2 aromatic rings. The number of nitrogens with zero attached hydrogens (tertiary/aromatic N) is 1. The maximum atomic E-state index is 12.3. The minimum absolute atomic E-state index is 0.308. The van der Waals surface area contributed by atoms with Crippen molar-refractivity contribution in [1.82, 2.24) is 10.2 Å². The first-order valence-electron chi connectivity index (χ1n) is 7.41. The predicted octanol–water partition coefficient (Wildman–Crippen LogP) is 1.91. The molecule has 0 bridgehead atoms. The fourth-order valence-electron chi connectivity index (χ4n) is 2.39. The van der Waals surface area contributed by atoms with Gasteiger partial charge in [-0.1, -0.05) is 0 Å². The van der Waals surface area contributed by atoms with Crippen LogP contribution in [0.3, 0.4) is 0 Å². The number of benzene rings is 1. The number of H-pyrrole nitrogens is 1. The molecular formula is C16H17N3O4. The van der Waals surface area contributed by atoms with Crippen molar-refractivity contribution < 1.29 is 19.1 Å². The number of carbonyl (C=O) groups excluding carboxylic acids is 2. The highest BCUT2D eigenvalue weighted by molar-refractivity contribution is 6.04. The molecule has 0 atom stereocenters. The molecule has 0 unspecified atom stereocenters. The van der Waals surface area contributed by atoms with Gasteiger partial charge in [0.25, 0.3) is 5.91 Å². The Morgan fingerprint density at radius 1 is 1.35 bits per heavy atom. The number of aromatic nitrogens is 2. The Bertz CT molecular complexity index is 721. The molecule has 1 aliphatic heterocycles. The summed E-state index contributed by atoms with van der Waals surface area (Å²) in [4.78, 5) is 23.9. The molecule has 120 valence electrons. The summed E-state index contributed by atoms with van der Waals surface area (Å²) >= 11 is 0. The molecule has 0 saturated carbocycles. The summed E-state index contributed by atoms with van der Waals surface area (Å²) in [6, 6.07) is 6.52. The van der Waals surface area contributed by atoms with Gasteiger partial charge < -0.3 is 14.8 Å². The standard InChI is InChI=1S/C16H17N3O4/c1-2-23-16(21)10-3-5-11(6-4-10)17-15(20)14-12-9-22-8-7-13(12)18-19-14/h3-6H,2,7-9H2,1H3,(H,17,20)(H,18,19). The lowest BCUT2D eigenvalue weighted by atomic mass is 10.1. The Kier molecular flexibility index (Phi) is 4.38. The Hall–Kier alpha value is -2.67. The average Bonchev–Trinajstić information content (AvgIpc) is 3.00. The zero-order valence-electron chi connectivity index (χ0n) is 12.7. The Labute approximate surface area is 133 Å². The molecule has 0 saturated heterocycles. The van der Waals surface area contributed by atoms with Gasteiger partial charge in [-0.25, -0.2) is 4.79 Å². The second kappa shape index (κ2) is 6.62. The molecule has 1 aromatic carbocycles. The first-order chi connectivity index (χ1) is 11.2. The highest BCUT2D eigenvalue weighted by Gasteiger charge is 2.22. The molecule has 7 heteroatoms. The third kappa shape index (κ3) is 3.24. The summed E-state index contributed by atoms with van der Waals surface area (Å²) < 4.78 is 10.3. The molecular weight excluding hydrogens is 298 g/mol. The van der Waals surface area contributed by atoms with E-state index in [0.717, 1.165) is 17.7 Å². The van der Waals surface area contributed by atoms with Gasteiger partial charge in [0.2, 0.25) is 0 Å². The molecule has 23 heavy (non-hydrogen) atoms. The number of ether oxygens (including phenoxy) is 2. The highest BCUT2D eigenvalue weighted by Crippen LogP contribution is 2.19. The van der Waals surface area contributed by atoms with E-state index in [9.17, 15) is 9.59 Å². The van der Waals surface area contributed by atoms with Gasteiger partial charge in [0.05, 0.1) is 25.4 Å². The van der Waals surface area contributed by atoms with Gasteiger partial charge in [0, 0.05) is 23.4 Å². The van der Waals surface area contributed by atoms with Crippen molar-refractivity contribution in [2.24, 2.45) is 0 Å². The van der Waals surface area contributed by atoms with Crippen LogP contribution in [0.2, 0.25) is 0 Å². The average molecular weight is 315 g/mol. The van der Waals surface area contributed by atoms with Crippen LogP contribution in [-0.4, -0.2) is 35.3 Å². The summed E-state index contributed by atoms with van der Waals surface area (Å²) in [6.07, 6.45) is 0.726. The van der Waals surface area contributed by atoms with Crippen LogP contribution < -0.4 is 5.32 Å². The summed E-state index contributed by atoms with van der Waals surface area (Å²) in [5.74, 6) is -0.694. The highest BCUT2D eigenvalue weighted by atomic mass is 16.5. The van der Waals surface area contributed by atoms with E-state index in [1.54, 1.807) is 31.2 Å². The fourth-order valence-corrected chi connectivity index (χ4v) is 2.39. The zero-order chi connectivity index (χ0) is 16.2. The third-order valence-corrected chi connectivity index (χ3v) is 3.56. The van der Waals surface area contributed by atoms with E-state index in [4.69, 9.17) is 9.47 Å². The molecule has 1 aromatic heterocycles. The smallest absolute Gasteiger partial charge is 0.338 e. The van der Waals surface area contributed by atoms with Crippen LogP contribution in [0.1, 0.15) is 39.0 Å². The maximum Gasteiger partial charge on any atom is 0.338 e. The Morgan fingerprint density at radius 3 is 2.87 bits per heavy atom. The van der Waals surface area contributed by atoms with Crippen LogP contribution in [0.4, 0.5) is 5.69 Å². The molecule has 1 aliphatic rings. The third-order valence-electron chi connectivity index (χ3n) is 3.56. The van der Waals surface area contributed by atoms with E-state index >= 15 is 0 Å². The number of rotatable bonds is 4. The van der Waals surface area contributed by atoms with Gasteiger partial charge in [0.1, 0.15) is 0 Å². The SMILES string of the molecule is CCOC(=O)c1ccc(NC(=O)c2n[nH]c3c2COCC3)cc1. The van der Waals surface area contributed by atoms with E-state index in [0.29, 0.717) is 36.8 Å². The number of esters is 1. The monoisotopic (exact) mass is 315 g/mol. The molecule has 0 fully saturated rings. The van der Waals surface area contributed by atoms with Crippen LogP contribution >= 0.6 is 0 Å². The number of hydrogen-bond acceptors (Lipinski definition) is 5. The number of hydrogen-bond donors (Lipinski definition) is 2. The van der Waals surface area contributed by atoms with E-state index in [1.807, 2.05) is 0 Å². The number of anilines is 1. The molecule has 0 radical (unpaired) electrons. The number of carbonyl (C=O) groups is 2. The van der Waals surface area contributed by atoms with Crippen molar-refractivity contribution in [1.29, 1.82) is 0 Å². The van der Waals surface area contributed by atoms with Crippen molar-refractivity contribution in [2.75, 3.05) is 18.5 Å². The van der Waals surface area contributed by atoms with Crippen molar-refractivity contribution in [3.63, 3.8) is 0 Å². The lowest BCUT2D eigenvalue weighted by Gasteiger charge is -2.12. The molecule has 7 nitrogen and oxygen atoms in total. The van der Waals surface area contributed by atoms with Gasteiger partial charge in [-0.3, -0.25) is 9.89 Å². The Balaban J connectivity index is 1.71. The van der Waals surface area contributed by atoms with Crippen molar-refractivity contribution in [3.8, 4) is 0 Å².